The number of hydrogen-bond acceptors (Lipinski definition) is 5. The van der Waals surface area contributed by atoms with Crippen molar-refractivity contribution in [1.29, 1.82) is 0 Å². The van der Waals surface area contributed by atoms with Gasteiger partial charge in [0, 0.05) is 18.7 Å². The molecule has 0 aliphatic carbocycles. The van der Waals surface area contributed by atoms with Gasteiger partial charge in [-0.1, -0.05) is 23.2 Å². The van der Waals surface area contributed by atoms with E-state index in [1.807, 2.05) is 0 Å². The molecule has 0 spiro atoms. The minimum atomic E-state index is -0.417. The second-order valence-corrected chi connectivity index (χ2v) is 5.15. The summed E-state index contributed by atoms with van der Waals surface area (Å²) < 4.78 is 4.91. The Morgan fingerprint density at radius 3 is 2.73 bits per heavy atom. The fourth-order valence-electron chi connectivity index (χ4n) is 1.61. The Hall–Kier alpha value is -1.89. The fourth-order valence-corrected chi connectivity index (χ4v) is 1.95. The van der Waals surface area contributed by atoms with E-state index in [1.54, 1.807) is 37.4 Å². The molecule has 0 aliphatic heterocycles. The van der Waals surface area contributed by atoms with Crippen molar-refractivity contribution in [3.05, 3.63) is 46.1 Å². The molecule has 22 heavy (non-hydrogen) atoms. The molecule has 0 saturated carbocycles. The van der Waals surface area contributed by atoms with Crippen LogP contribution < -0.4 is 10.6 Å². The van der Waals surface area contributed by atoms with Crippen LogP contribution in [0.4, 0.5) is 11.5 Å². The number of carbonyl (C=O) groups is 1. The summed E-state index contributed by atoms with van der Waals surface area (Å²) in [5.74, 6) is 0.148. The second kappa shape index (κ2) is 7.93. The van der Waals surface area contributed by atoms with E-state index in [4.69, 9.17) is 27.9 Å². The highest BCUT2D eigenvalue weighted by Gasteiger charge is 2.11. The number of halogens is 2. The number of aromatic nitrogens is 2. The fraction of sp³-hybridized carbons (Fsp3) is 0.214. The van der Waals surface area contributed by atoms with Crippen molar-refractivity contribution in [2.45, 2.75) is 0 Å². The van der Waals surface area contributed by atoms with Gasteiger partial charge in [0.15, 0.2) is 5.69 Å². The lowest BCUT2D eigenvalue weighted by molar-refractivity contribution is 0.102. The predicted molar refractivity (Wildman–Crippen MR) is 86.8 cm³/mol. The van der Waals surface area contributed by atoms with Crippen molar-refractivity contribution in [2.24, 2.45) is 0 Å². The summed E-state index contributed by atoms with van der Waals surface area (Å²) in [6, 6.07) is 8.04. The van der Waals surface area contributed by atoms with E-state index in [0.29, 0.717) is 34.7 Å². The topological polar surface area (TPSA) is 76.1 Å². The van der Waals surface area contributed by atoms with Gasteiger partial charge in [0.2, 0.25) is 0 Å². The number of nitrogens with one attached hydrogen (secondary N) is 2. The van der Waals surface area contributed by atoms with Crippen molar-refractivity contribution >= 4 is 40.6 Å². The highest BCUT2D eigenvalue weighted by molar-refractivity contribution is 6.35. The van der Waals surface area contributed by atoms with E-state index < -0.39 is 5.91 Å². The Morgan fingerprint density at radius 2 is 2.05 bits per heavy atom. The van der Waals surface area contributed by atoms with Gasteiger partial charge in [-0.15, -0.1) is 10.2 Å². The molecule has 2 N–H and O–H groups in total. The first-order chi connectivity index (χ1) is 10.6. The maximum absolute atomic E-state index is 12.1. The van der Waals surface area contributed by atoms with Gasteiger partial charge in [-0.3, -0.25) is 4.79 Å². The standard InChI is InChI=1S/C14H14Cl2N4O2/c1-22-7-6-17-13-5-4-11(19-20-13)14(21)18-12-8-9(15)2-3-10(12)16/h2-5,8H,6-7H2,1H3,(H,17,20)(H,18,21). The Kier molecular flexibility index (Phi) is 5.94. The first-order valence-electron chi connectivity index (χ1n) is 6.43. The minimum absolute atomic E-state index is 0.174. The maximum Gasteiger partial charge on any atom is 0.276 e. The number of rotatable bonds is 6. The third kappa shape index (κ3) is 4.56. The first-order valence-corrected chi connectivity index (χ1v) is 7.18. The summed E-state index contributed by atoms with van der Waals surface area (Å²) in [6.45, 7) is 1.16. The van der Waals surface area contributed by atoms with Crippen LogP contribution in [0.1, 0.15) is 10.5 Å². The average molecular weight is 341 g/mol. The zero-order chi connectivity index (χ0) is 15.9. The largest absolute Gasteiger partial charge is 0.383 e. The SMILES string of the molecule is COCCNc1ccc(C(=O)Nc2cc(Cl)ccc2Cl)nn1. The van der Waals surface area contributed by atoms with Crippen LogP contribution in [0.2, 0.25) is 10.0 Å². The summed E-state index contributed by atoms with van der Waals surface area (Å²) in [5, 5.41) is 14.3. The van der Waals surface area contributed by atoms with E-state index in [0.717, 1.165) is 0 Å². The van der Waals surface area contributed by atoms with Crippen LogP contribution in [0.15, 0.2) is 30.3 Å². The summed E-state index contributed by atoms with van der Waals surface area (Å²) >= 11 is 11.9. The third-order valence-electron chi connectivity index (χ3n) is 2.69. The van der Waals surface area contributed by atoms with Crippen LogP contribution in [-0.2, 0) is 4.74 Å². The van der Waals surface area contributed by atoms with Crippen molar-refractivity contribution in [3.8, 4) is 0 Å². The average Bonchev–Trinajstić information content (AvgIpc) is 2.52. The number of nitrogens with zero attached hydrogens (tertiary/aromatic N) is 2. The molecular weight excluding hydrogens is 327 g/mol. The van der Waals surface area contributed by atoms with Crippen LogP contribution in [0.3, 0.4) is 0 Å². The van der Waals surface area contributed by atoms with E-state index in [2.05, 4.69) is 20.8 Å². The molecule has 1 amide bonds. The third-order valence-corrected chi connectivity index (χ3v) is 3.25. The summed E-state index contributed by atoms with van der Waals surface area (Å²) in [5.41, 5.74) is 0.594. The molecule has 1 heterocycles. The number of hydrogen-bond donors (Lipinski definition) is 2. The number of methoxy groups -OCH3 is 1. The Bertz CT molecular complexity index is 650. The molecule has 0 aliphatic rings. The lowest BCUT2D eigenvalue weighted by atomic mass is 10.3. The minimum Gasteiger partial charge on any atom is -0.383 e. The molecule has 1 aromatic heterocycles. The van der Waals surface area contributed by atoms with E-state index in [1.165, 1.54) is 0 Å². The molecule has 116 valence electrons. The van der Waals surface area contributed by atoms with Crippen molar-refractivity contribution < 1.29 is 9.53 Å². The summed E-state index contributed by atoms with van der Waals surface area (Å²) in [4.78, 5) is 12.1. The van der Waals surface area contributed by atoms with Crippen LogP contribution in [0.5, 0.6) is 0 Å². The monoisotopic (exact) mass is 340 g/mol. The van der Waals surface area contributed by atoms with E-state index >= 15 is 0 Å². The number of anilines is 2. The number of ether oxygens (including phenoxy) is 1. The van der Waals surface area contributed by atoms with Gasteiger partial charge in [-0.2, -0.15) is 0 Å². The van der Waals surface area contributed by atoms with Gasteiger partial charge in [-0.05, 0) is 30.3 Å². The maximum atomic E-state index is 12.1. The molecule has 0 fully saturated rings. The van der Waals surface area contributed by atoms with Gasteiger partial charge in [0.1, 0.15) is 5.82 Å². The van der Waals surface area contributed by atoms with Crippen molar-refractivity contribution in [3.63, 3.8) is 0 Å². The zero-order valence-electron chi connectivity index (χ0n) is 11.8. The van der Waals surface area contributed by atoms with Gasteiger partial charge < -0.3 is 15.4 Å². The highest BCUT2D eigenvalue weighted by atomic mass is 35.5. The smallest absolute Gasteiger partial charge is 0.276 e. The van der Waals surface area contributed by atoms with Gasteiger partial charge in [-0.25, -0.2) is 0 Å². The van der Waals surface area contributed by atoms with Gasteiger partial charge in [0.25, 0.3) is 5.91 Å². The molecule has 2 rings (SSSR count). The molecule has 0 saturated heterocycles. The predicted octanol–water partition coefficient (Wildman–Crippen LogP) is 3.09. The molecule has 2 aromatic rings. The molecular formula is C14H14Cl2N4O2. The molecule has 8 heteroatoms. The Labute approximate surface area is 137 Å². The van der Waals surface area contributed by atoms with Gasteiger partial charge in [0.05, 0.1) is 17.3 Å². The molecule has 1 aromatic carbocycles. The van der Waals surface area contributed by atoms with Crippen LogP contribution >= 0.6 is 23.2 Å². The van der Waals surface area contributed by atoms with E-state index in [9.17, 15) is 4.79 Å². The van der Waals surface area contributed by atoms with Gasteiger partial charge >= 0.3 is 0 Å². The van der Waals surface area contributed by atoms with E-state index in [-0.39, 0.29) is 5.69 Å². The number of carbonyl (C=O) groups excluding carboxylic acids is 1. The normalized spacial score (nSPS) is 10.3. The Balaban J connectivity index is 2.02. The number of amides is 1. The van der Waals surface area contributed by atoms with Crippen molar-refractivity contribution in [2.75, 3.05) is 30.9 Å². The lowest BCUT2D eigenvalue weighted by Crippen LogP contribution is -2.16. The highest BCUT2D eigenvalue weighted by Crippen LogP contribution is 2.25. The Morgan fingerprint density at radius 1 is 1.23 bits per heavy atom. The van der Waals surface area contributed by atoms with Crippen LogP contribution in [0, 0.1) is 0 Å². The molecule has 0 atom stereocenters. The molecule has 0 unspecified atom stereocenters. The van der Waals surface area contributed by atoms with Crippen LogP contribution in [-0.4, -0.2) is 36.4 Å². The number of benzene rings is 1. The van der Waals surface area contributed by atoms with Crippen molar-refractivity contribution in [1.82, 2.24) is 10.2 Å². The quantitative estimate of drug-likeness (QED) is 0.790. The lowest BCUT2D eigenvalue weighted by Gasteiger charge is -2.08. The second-order valence-electron chi connectivity index (χ2n) is 4.30. The zero-order valence-corrected chi connectivity index (χ0v) is 13.3. The summed E-state index contributed by atoms with van der Waals surface area (Å²) in [6.07, 6.45) is 0. The molecule has 0 bridgehead atoms. The molecule has 0 radical (unpaired) electrons. The first kappa shape index (κ1) is 16.5. The summed E-state index contributed by atoms with van der Waals surface area (Å²) in [7, 11) is 1.61. The van der Waals surface area contributed by atoms with Crippen LogP contribution in [0.25, 0.3) is 0 Å². The molecule has 6 nitrogen and oxygen atoms in total.